The molecule has 0 radical (unpaired) electrons. The standard InChI is InChI=1S/C54H36N4S/c1-3-12-37(13-4-1)39-22-26-42(27-23-39)57(44-17-10-30-55-35-44)51-21-9-16-41-32-53-49(33-48(41)51)50-34-52(46-19-7-8-20-47(46)54(50)59-53)58(45-18-11-31-56-36-45)43-28-24-40(25-29-43)38-14-5-2-6-15-38/h1-36H. The summed E-state index contributed by atoms with van der Waals surface area (Å²) in [7, 11) is 0. The lowest BCUT2D eigenvalue weighted by Crippen LogP contribution is -2.11. The first-order chi connectivity index (χ1) is 29.3. The van der Waals surface area contributed by atoms with E-state index in [9.17, 15) is 0 Å². The molecule has 59 heavy (non-hydrogen) atoms. The maximum atomic E-state index is 4.59. The molecular weight excluding hydrogens is 737 g/mol. The van der Waals surface area contributed by atoms with Crippen molar-refractivity contribution in [3.8, 4) is 22.3 Å². The van der Waals surface area contributed by atoms with E-state index in [4.69, 9.17) is 0 Å². The molecule has 5 heteroatoms. The van der Waals surface area contributed by atoms with Gasteiger partial charge in [0.1, 0.15) is 0 Å². The highest BCUT2D eigenvalue weighted by molar-refractivity contribution is 7.26. The molecular formula is C54H36N4S. The topological polar surface area (TPSA) is 32.3 Å². The number of aromatic nitrogens is 2. The van der Waals surface area contributed by atoms with Crippen molar-refractivity contribution in [1.82, 2.24) is 9.97 Å². The Morgan fingerprint density at radius 1 is 0.339 bits per heavy atom. The van der Waals surface area contributed by atoms with Gasteiger partial charge in [-0.25, -0.2) is 0 Å². The van der Waals surface area contributed by atoms with Gasteiger partial charge in [-0.1, -0.05) is 121 Å². The maximum Gasteiger partial charge on any atom is 0.0645 e. The first kappa shape index (κ1) is 34.6. The van der Waals surface area contributed by atoms with Crippen LogP contribution in [0.4, 0.5) is 34.1 Å². The van der Waals surface area contributed by atoms with E-state index in [1.165, 1.54) is 64.0 Å². The van der Waals surface area contributed by atoms with Crippen LogP contribution in [0.3, 0.4) is 0 Å². The Bertz CT molecular complexity index is 3240. The second-order valence-corrected chi connectivity index (χ2v) is 15.7. The van der Waals surface area contributed by atoms with Crippen molar-refractivity contribution in [1.29, 1.82) is 0 Å². The van der Waals surface area contributed by atoms with Crippen LogP contribution < -0.4 is 9.80 Å². The molecule has 8 aromatic carbocycles. The summed E-state index contributed by atoms with van der Waals surface area (Å²) in [5, 5.41) is 7.24. The van der Waals surface area contributed by atoms with E-state index in [2.05, 4.69) is 202 Å². The SMILES string of the molecule is c1ccc(-c2ccc(N(c3cccnc3)c3cccc4cc5sc6c7ccccc7c(N(c7ccc(-c8ccccc8)cc7)c7cccnc7)cc6c5cc34)cc2)cc1. The molecule has 0 aliphatic carbocycles. The number of rotatable bonds is 8. The van der Waals surface area contributed by atoms with Crippen LogP contribution in [0.2, 0.25) is 0 Å². The number of benzene rings is 8. The van der Waals surface area contributed by atoms with Crippen LogP contribution in [0.15, 0.2) is 219 Å². The summed E-state index contributed by atoms with van der Waals surface area (Å²) in [6.45, 7) is 0. The zero-order valence-corrected chi connectivity index (χ0v) is 32.8. The number of fused-ring (bicyclic) bond motifs is 6. The van der Waals surface area contributed by atoms with E-state index >= 15 is 0 Å². The lowest BCUT2D eigenvalue weighted by molar-refractivity contribution is 1.24. The number of hydrogen-bond acceptors (Lipinski definition) is 5. The second kappa shape index (κ2) is 14.7. The fourth-order valence-corrected chi connectivity index (χ4v) is 9.66. The van der Waals surface area contributed by atoms with Gasteiger partial charge in [-0.05, 0) is 100 Å². The second-order valence-electron chi connectivity index (χ2n) is 14.7. The molecule has 0 fully saturated rings. The molecule has 0 N–H and O–H groups in total. The Morgan fingerprint density at radius 2 is 0.881 bits per heavy atom. The van der Waals surface area contributed by atoms with E-state index < -0.39 is 0 Å². The number of pyridine rings is 2. The van der Waals surface area contributed by atoms with Crippen LogP contribution in [0, 0.1) is 0 Å². The maximum absolute atomic E-state index is 4.59. The number of hydrogen-bond donors (Lipinski definition) is 0. The van der Waals surface area contributed by atoms with Crippen molar-refractivity contribution in [3.63, 3.8) is 0 Å². The number of nitrogens with zero attached hydrogens (tertiary/aromatic N) is 4. The van der Waals surface area contributed by atoms with Gasteiger partial charge in [0.05, 0.1) is 35.1 Å². The summed E-state index contributed by atoms with van der Waals surface area (Å²) < 4.78 is 2.54. The third-order valence-corrected chi connectivity index (χ3v) is 12.4. The smallest absolute Gasteiger partial charge is 0.0645 e. The summed E-state index contributed by atoms with van der Waals surface area (Å²) in [6, 6.07) is 69.7. The molecule has 11 rings (SSSR count). The predicted molar refractivity (Wildman–Crippen MR) is 250 cm³/mol. The van der Waals surface area contributed by atoms with Crippen molar-refractivity contribution >= 4 is 87.2 Å². The summed E-state index contributed by atoms with van der Waals surface area (Å²) in [5.74, 6) is 0. The largest absolute Gasteiger partial charge is 0.308 e. The molecule has 0 saturated heterocycles. The minimum Gasteiger partial charge on any atom is -0.308 e. The zero-order valence-electron chi connectivity index (χ0n) is 32.0. The monoisotopic (exact) mass is 772 g/mol. The highest BCUT2D eigenvalue weighted by Crippen LogP contribution is 2.48. The molecule has 0 atom stereocenters. The quantitative estimate of drug-likeness (QED) is 0.154. The summed E-state index contributed by atoms with van der Waals surface area (Å²) in [4.78, 5) is 13.8. The van der Waals surface area contributed by atoms with E-state index in [0.29, 0.717) is 0 Å². The summed E-state index contributed by atoms with van der Waals surface area (Å²) in [6.07, 6.45) is 7.57. The van der Waals surface area contributed by atoms with Crippen molar-refractivity contribution in [2.45, 2.75) is 0 Å². The molecule has 0 bridgehead atoms. The molecule has 0 saturated carbocycles. The van der Waals surface area contributed by atoms with Gasteiger partial charge < -0.3 is 9.80 Å². The first-order valence-electron chi connectivity index (χ1n) is 19.8. The molecule has 0 unspecified atom stereocenters. The molecule has 11 aromatic rings. The van der Waals surface area contributed by atoms with E-state index in [1.54, 1.807) is 0 Å². The van der Waals surface area contributed by atoms with Crippen molar-refractivity contribution in [3.05, 3.63) is 219 Å². The molecule has 0 amide bonds. The molecule has 0 aliphatic heterocycles. The first-order valence-corrected chi connectivity index (χ1v) is 20.6. The molecule has 3 aromatic heterocycles. The Labute approximate surface area is 346 Å². The van der Waals surface area contributed by atoms with Crippen LogP contribution in [-0.2, 0) is 0 Å². The van der Waals surface area contributed by atoms with Crippen LogP contribution in [-0.4, -0.2) is 9.97 Å². The van der Waals surface area contributed by atoms with Gasteiger partial charge in [0.2, 0.25) is 0 Å². The highest BCUT2D eigenvalue weighted by atomic mass is 32.1. The summed E-state index contributed by atoms with van der Waals surface area (Å²) >= 11 is 1.87. The van der Waals surface area contributed by atoms with Gasteiger partial charge in [-0.3, -0.25) is 9.97 Å². The van der Waals surface area contributed by atoms with Crippen molar-refractivity contribution in [2.24, 2.45) is 0 Å². The van der Waals surface area contributed by atoms with Crippen LogP contribution in [0.25, 0.3) is 64.0 Å². The fourth-order valence-electron chi connectivity index (χ4n) is 8.41. The third kappa shape index (κ3) is 6.25. The minimum atomic E-state index is 1.00. The van der Waals surface area contributed by atoms with Gasteiger partial charge in [0, 0.05) is 60.1 Å². The number of anilines is 6. The van der Waals surface area contributed by atoms with Crippen LogP contribution in [0.5, 0.6) is 0 Å². The van der Waals surface area contributed by atoms with Gasteiger partial charge >= 0.3 is 0 Å². The van der Waals surface area contributed by atoms with Crippen LogP contribution >= 0.6 is 11.3 Å². The van der Waals surface area contributed by atoms with E-state index in [0.717, 1.165) is 34.1 Å². The highest BCUT2D eigenvalue weighted by Gasteiger charge is 2.22. The zero-order chi connectivity index (χ0) is 39.1. The van der Waals surface area contributed by atoms with Gasteiger partial charge in [0.15, 0.2) is 0 Å². The van der Waals surface area contributed by atoms with Gasteiger partial charge in [-0.2, -0.15) is 0 Å². The number of thiophene rings is 1. The molecule has 0 aliphatic rings. The normalized spacial score (nSPS) is 11.4. The molecule has 3 heterocycles. The van der Waals surface area contributed by atoms with Crippen LogP contribution in [0.1, 0.15) is 0 Å². The molecule has 4 nitrogen and oxygen atoms in total. The van der Waals surface area contributed by atoms with Crippen molar-refractivity contribution in [2.75, 3.05) is 9.80 Å². The van der Waals surface area contributed by atoms with E-state index in [1.807, 2.05) is 48.3 Å². The average molecular weight is 773 g/mol. The van der Waals surface area contributed by atoms with Gasteiger partial charge in [0.25, 0.3) is 0 Å². The third-order valence-electron chi connectivity index (χ3n) is 11.2. The van der Waals surface area contributed by atoms with Gasteiger partial charge in [-0.15, -0.1) is 11.3 Å². The Morgan fingerprint density at radius 3 is 1.46 bits per heavy atom. The molecule has 278 valence electrons. The summed E-state index contributed by atoms with van der Waals surface area (Å²) in [5.41, 5.74) is 11.1. The lowest BCUT2D eigenvalue weighted by Gasteiger charge is -2.27. The average Bonchev–Trinajstić information content (AvgIpc) is 3.68. The van der Waals surface area contributed by atoms with Crippen molar-refractivity contribution < 1.29 is 0 Å². The van der Waals surface area contributed by atoms with E-state index in [-0.39, 0.29) is 0 Å². The lowest BCUT2D eigenvalue weighted by atomic mass is 9.99. The Kier molecular flexibility index (Phi) is 8.64. The predicted octanol–water partition coefficient (Wildman–Crippen LogP) is 15.4. The fraction of sp³-hybridized carbons (Fsp3) is 0. The Balaban J connectivity index is 1.11. The Hall–Kier alpha value is -7.60. The molecule has 0 spiro atoms. The minimum absolute atomic E-state index is 1.00.